The van der Waals surface area contributed by atoms with Crippen molar-refractivity contribution < 1.29 is 19.1 Å². The molecular weight excluding hydrogens is 308 g/mol. The highest BCUT2D eigenvalue weighted by Gasteiger charge is 2.11. The number of benzene rings is 1. The summed E-state index contributed by atoms with van der Waals surface area (Å²) in [6, 6.07) is 8.30. The molecular formula is C15H15ClN2O4. The van der Waals surface area contributed by atoms with Crippen LogP contribution in [0.2, 0.25) is 5.15 Å². The minimum Gasteiger partial charge on any atom is -0.452 e. The lowest BCUT2D eigenvalue weighted by Gasteiger charge is -2.07. The highest BCUT2D eigenvalue weighted by molar-refractivity contribution is 6.29. The van der Waals surface area contributed by atoms with Crippen LogP contribution in [0.4, 0.5) is 0 Å². The van der Waals surface area contributed by atoms with Crippen molar-refractivity contribution in [1.29, 1.82) is 0 Å². The smallest absolute Gasteiger partial charge is 0.338 e. The Kier molecular flexibility index (Phi) is 5.68. The van der Waals surface area contributed by atoms with Gasteiger partial charge in [0.2, 0.25) is 0 Å². The first-order valence-corrected chi connectivity index (χ1v) is 6.97. The topological polar surface area (TPSA) is 77.5 Å². The van der Waals surface area contributed by atoms with Gasteiger partial charge < -0.3 is 14.8 Å². The molecule has 0 aliphatic carbocycles. The van der Waals surface area contributed by atoms with Gasteiger partial charge in [-0.25, -0.2) is 9.78 Å². The van der Waals surface area contributed by atoms with Gasteiger partial charge in [-0.15, -0.1) is 0 Å². The number of esters is 1. The number of nitrogens with zero attached hydrogens (tertiary/aromatic N) is 1. The molecule has 0 unspecified atom stereocenters. The van der Waals surface area contributed by atoms with Gasteiger partial charge in [0.05, 0.1) is 17.7 Å². The minimum absolute atomic E-state index is 0.334. The molecule has 1 aromatic heterocycles. The maximum absolute atomic E-state index is 11.9. The summed E-state index contributed by atoms with van der Waals surface area (Å²) in [6.07, 6.45) is 0. The second-order valence-corrected chi connectivity index (χ2v) is 4.85. The number of carbonyl (C=O) groups is 2. The molecule has 0 fully saturated rings. The lowest BCUT2D eigenvalue weighted by molar-refractivity contribution is -0.124. The normalized spacial score (nSPS) is 10.5. The van der Waals surface area contributed by atoms with E-state index in [-0.39, 0.29) is 12.5 Å². The monoisotopic (exact) mass is 322 g/mol. The van der Waals surface area contributed by atoms with Crippen LogP contribution in [0.15, 0.2) is 30.3 Å². The highest BCUT2D eigenvalue weighted by Crippen LogP contribution is 2.17. The second kappa shape index (κ2) is 7.72. The van der Waals surface area contributed by atoms with Gasteiger partial charge in [-0.3, -0.25) is 4.79 Å². The van der Waals surface area contributed by atoms with Crippen LogP contribution in [0, 0.1) is 0 Å². The third-order valence-electron chi connectivity index (χ3n) is 2.85. The lowest BCUT2D eigenvalue weighted by Crippen LogP contribution is -2.31. The summed E-state index contributed by atoms with van der Waals surface area (Å²) in [5.74, 6) is -0.946. The molecule has 2 aromatic rings. The van der Waals surface area contributed by atoms with Crippen molar-refractivity contribution in [2.24, 2.45) is 0 Å². The van der Waals surface area contributed by atoms with Crippen LogP contribution in [0.5, 0.6) is 0 Å². The molecule has 1 amide bonds. The van der Waals surface area contributed by atoms with Crippen LogP contribution >= 0.6 is 11.6 Å². The summed E-state index contributed by atoms with van der Waals surface area (Å²) in [5, 5.41) is 3.71. The van der Waals surface area contributed by atoms with Gasteiger partial charge in [0, 0.05) is 19.0 Å². The molecule has 7 heteroatoms. The number of methoxy groups -OCH3 is 1. The van der Waals surface area contributed by atoms with Crippen LogP contribution in [-0.2, 0) is 14.3 Å². The second-order valence-electron chi connectivity index (χ2n) is 4.46. The molecule has 1 heterocycles. The van der Waals surface area contributed by atoms with E-state index in [0.717, 1.165) is 5.39 Å². The lowest BCUT2D eigenvalue weighted by atomic mass is 10.1. The van der Waals surface area contributed by atoms with Crippen molar-refractivity contribution in [3.05, 3.63) is 41.0 Å². The molecule has 0 saturated heterocycles. The fraction of sp³-hybridized carbons (Fsp3) is 0.267. The number of hydrogen-bond donors (Lipinski definition) is 1. The van der Waals surface area contributed by atoms with E-state index in [4.69, 9.17) is 21.1 Å². The maximum Gasteiger partial charge on any atom is 0.338 e. The standard InChI is InChI=1S/C15H15ClN2O4/c1-21-7-6-17-14(19)9-22-15(20)11-2-4-12-10(8-11)3-5-13(16)18-12/h2-5,8H,6-7,9H2,1H3,(H,17,19). The van der Waals surface area contributed by atoms with Gasteiger partial charge in [-0.1, -0.05) is 11.6 Å². The number of fused-ring (bicyclic) bond motifs is 1. The Morgan fingerprint density at radius 3 is 2.86 bits per heavy atom. The molecule has 0 aliphatic rings. The van der Waals surface area contributed by atoms with Crippen molar-refractivity contribution in [2.45, 2.75) is 0 Å². The van der Waals surface area contributed by atoms with Crippen molar-refractivity contribution in [2.75, 3.05) is 26.9 Å². The molecule has 116 valence electrons. The summed E-state index contributed by atoms with van der Waals surface area (Å²) >= 11 is 5.80. The van der Waals surface area contributed by atoms with E-state index in [2.05, 4.69) is 10.3 Å². The van der Waals surface area contributed by atoms with Crippen molar-refractivity contribution >= 4 is 34.4 Å². The van der Waals surface area contributed by atoms with Crippen molar-refractivity contribution in [3.8, 4) is 0 Å². The maximum atomic E-state index is 11.9. The SMILES string of the molecule is COCCNC(=O)COC(=O)c1ccc2nc(Cl)ccc2c1. The van der Waals surface area contributed by atoms with Gasteiger partial charge in [0.1, 0.15) is 5.15 Å². The average Bonchev–Trinajstić information content (AvgIpc) is 2.52. The van der Waals surface area contributed by atoms with E-state index in [0.29, 0.717) is 29.4 Å². The Balaban J connectivity index is 1.95. The first kappa shape index (κ1) is 16.2. The van der Waals surface area contributed by atoms with Gasteiger partial charge in [0.15, 0.2) is 6.61 Å². The first-order chi connectivity index (χ1) is 10.6. The van der Waals surface area contributed by atoms with E-state index in [9.17, 15) is 9.59 Å². The molecule has 0 saturated carbocycles. The molecule has 1 N–H and O–H groups in total. The number of hydrogen-bond acceptors (Lipinski definition) is 5. The molecule has 0 radical (unpaired) electrons. The quantitative estimate of drug-likeness (QED) is 0.498. The predicted molar refractivity (Wildman–Crippen MR) is 81.9 cm³/mol. The van der Waals surface area contributed by atoms with E-state index in [1.54, 1.807) is 30.3 Å². The molecule has 22 heavy (non-hydrogen) atoms. The van der Waals surface area contributed by atoms with Crippen LogP contribution in [0.3, 0.4) is 0 Å². The van der Waals surface area contributed by atoms with Crippen LogP contribution in [0.1, 0.15) is 10.4 Å². The van der Waals surface area contributed by atoms with Crippen molar-refractivity contribution in [1.82, 2.24) is 10.3 Å². The number of carbonyl (C=O) groups excluding carboxylic acids is 2. The van der Waals surface area contributed by atoms with Crippen LogP contribution in [-0.4, -0.2) is 43.7 Å². The fourth-order valence-electron chi connectivity index (χ4n) is 1.79. The van der Waals surface area contributed by atoms with Gasteiger partial charge >= 0.3 is 5.97 Å². The largest absolute Gasteiger partial charge is 0.452 e. The summed E-state index contributed by atoms with van der Waals surface area (Å²) in [4.78, 5) is 27.5. The predicted octanol–water partition coefficient (Wildman–Crippen LogP) is 1.81. The van der Waals surface area contributed by atoms with Crippen LogP contribution in [0.25, 0.3) is 10.9 Å². The number of ether oxygens (including phenoxy) is 2. The number of pyridine rings is 1. The van der Waals surface area contributed by atoms with E-state index in [1.807, 2.05) is 0 Å². The Morgan fingerprint density at radius 2 is 2.09 bits per heavy atom. The number of nitrogens with one attached hydrogen (secondary N) is 1. The third-order valence-corrected chi connectivity index (χ3v) is 3.06. The number of aromatic nitrogens is 1. The van der Waals surface area contributed by atoms with E-state index >= 15 is 0 Å². The zero-order valence-electron chi connectivity index (χ0n) is 12.0. The minimum atomic E-state index is -0.571. The summed E-state index contributed by atoms with van der Waals surface area (Å²) < 4.78 is 9.75. The average molecular weight is 323 g/mol. The Labute approximate surface area is 132 Å². The van der Waals surface area contributed by atoms with Crippen molar-refractivity contribution in [3.63, 3.8) is 0 Å². The molecule has 0 atom stereocenters. The number of amides is 1. The Bertz CT molecular complexity index is 690. The Hall–Kier alpha value is -2.18. The zero-order chi connectivity index (χ0) is 15.9. The third kappa shape index (κ3) is 4.41. The number of halogens is 1. The molecule has 0 aliphatic heterocycles. The summed E-state index contributed by atoms with van der Waals surface area (Å²) in [5.41, 5.74) is 1.03. The molecule has 0 bridgehead atoms. The molecule has 0 spiro atoms. The van der Waals surface area contributed by atoms with Gasteiger partial charge in [-0.05, 0) is 30.3 Å². The van der Waals surface area contributed by atoms with Gasteiger partial charge in [0.25, 0.3) is 5.91 Å². The fourth-order valence-corrected chi connectivity index (χ4v) is 1.94. The van der Waals surface area contributed by atoms with E-state index in [1.165, 1.54) is 7.11 Å². The molecule has 1 aromatic carbocycles. The Morgan fingerprint density at radius 1 is 1.27 bits per heavy atom. The molecule has 6 nitrogen and oxygen atoms in total. The van der Waals surface area contributed by atoms with E-state index < -0.39 is 5.97 Å². The van der Waals surface area contributed by atoms with Gasteiger partial charge in [-0.2, -0.15) is 0 Å². The highest BCUT2D eigenvalue weighted by atomic mass is 35.5. The first-order valence-electron chi connectivity index (χ1n) is 6.59. The molecule has 2 rings (SSSR count). The zero-order valence-corrected chi connectivity index (χ0v) is 12.7. The van der Waals surface area contributed by atoms with Crippen LogP contribution < -0.4 is 5.32 Å². The summed E-state index contributed by atoms with van der Waals surface area (Å²) in [7, 11) is 1.54. The summed E-state index contributed by atoms with van der Waals surface area (Å²) in [6.45, 7) is 0.439. The number of rotatable bonds is 6.